The van der Waals surface area contributed by atoms with Crippen molar-refractivity contribution in [3.63, 3.8) is 0 Å². The molecule has 3 rings (SSSR count). The molecule has 142 valence electrons. The normalized spacial score (nSPS) is 19.2. The fourth-order valence-corrected chi connectivity index (χ4v) is 2.93. The summed E-state index contributed by atoms with van der Waals surface area (Å²) in [6.07, 6.45) is -0.870. The molecule has 1 atom stereocenters. The van der Waals surface area contributed by atoms with E-state index in [1.807, 2.05) is 0 Å². The van der Waals surface area contributed by atoms with E-state index in [2.05, 4.69) is 15.8 Å². The predicted molar refractivity (Wildman–Crippen MR) is 97.0 cm³/mol. The third-order valence-electron chi connectivity index (χ3n) is 4.50. The second-order valence-corrected chi connectivity index (χ2v) is 6.84. The van der Waals surface area contributed by atoms with Crippen LogP contribution in [0.1, 0.15) is 33.6 Å². The minimum atomic E-state index is -1.16. The molecule has 2 N–H and O–H groups in total. The fourth-order valence-electron chi connectivity index (χ4n) is 2.93. The van der Waals surface area contributed by atoms with E-state index in [4.69, 9.17) is 4.74 Å². The average Bonchev–Trinajstić information content (AvgIpc) is 2.62. The number of esters is 1. The van der Waals surface area contributed by atoms with Crippen molar-refractivity contribution in [2.45, 2.75) is 45.3 Å². The van der Waals surface area contributed by atoms with Gasteiger partial charge in [-0.1, -0.05) is 12.1 Å². The van der Waals surface area contributed by atoms with E-state index in [0.29, 0.717) is 11.4 Å². The van der Waals surface area contributed by atoms with Gasteiger partial charge in [0.1, 0.15) is 11.3 Å². The van der Waals surface area contributed by atoms with Crippen molar-refractivity contribution in [2.75, 3.05) is 10.2 Å². The molecule has 3 amide bonds. The molecule has 0 unspecified atom stereocenters. The number of hydrogen-bond acceptors (Lipinski definition) is 6. The SMILES string of the molecule is C[C@H](OC(=O)C1=NNC(=O)CC1)C(=O)N1c2ccccc2NC(=O)C1(C)C. The Bertz CT molecular complexity index is 861. The topological polar surface area (TPSA) is 117 Å². The summed E-state index contributed by atoms with van der Waals surface area (Å²) in [7, 11) is 0. The molecule has 0 saturated heterocycles. The molecule has 0 radical (unpaired) electrons. The number of amides is 3. The Balaban J connectivity index is 1.82. The molecule has 0 aromatic heterocycles. The number of fused-ring (bicyclic) bond motifs is 1. The maximum Gasteiger partial charge on any atom is 0.355 e. The number of anilines is 2. The number of hydrazone groups is 1. The van der Waals surface area contributed by atoms with E-state index in [0.717, 1.165) is 0 Å². The van der Waals surface area contributed by atoms with Gasteiger partial charge in [-0.15, -0.1) is 0 Å². The monoisotopic (exact) mass is 372 g/mol. The van der Waals surface area contributed by atoms with Gasteiger partial charge >= 0.3 is 5.97 Å². The number of benzene rings is 1. The average molecular weight is 372 g/mol. The molecular formula is C18H20N4O5. The van der Waals surface area contributed by atoms with Gasteiger partial charge in [-0.3, -0.25) is 19.3 Å². The number of nitrogens with one attached hydrogen (secondary N) is 2. The van der Waals surface area contributed by atoms with Crippen LogP contribution in [0, 0.1) is 0 Å². The molecule has 0 fully saturated rings. The van der Waals surface area contributed by atoms with Crippen LogP contribution >= 0.6 is 0 Å². The third-order valence-corrected chi connectivity index (χ3v) is 4.50. The van der Waals surface area contributed by atoms with Gasteiger partial charge in [0.2, 0.25) is 11.8 Å². The van der Waals surface area contributed by atoms with Crippen LogP contribution in [0.4, 0.5) is 11.4 Å². The van der Waals surface area contributed by atoms with E-state index < -0.39 is 23.5 Å². The lowest BCUT2D eigenvalue weighted by atomic mass is 9.95. The predicted octanol–water partition coefficient (Wildman–Crippen LogP) is 0.948. The summed E-state index contributed by atoms with van der Waals surface area (Å²) in [5.41, 5.74) is 2.13. The minimum Gasteiger partial charge on any atom is -0.448 e. The van der Waals surface area contributed by atoms with Crippen LogP contribution in [0.5, 0.6) is 0 Å². The van der Waals surface area contributed by atoms with Crippen molar-refractivity contribution in [2.24, 2.45) is 5.10 Å². The maximum absolute atomic E-state index is 13.1. The minimum absolute atomic E-state index is 0.0466. The molecule has 27 heavy (non-hydrogen) atoms. The number of nitrogens with zero attached hydrogens (tertiary/aromatic N) is 2. The lowest BCUT2D eigenvalue weighted by Gasteiger charge is -2.42. The Hall–Kier alpha value is -3.23. The van der Waals surface area contributed by atoms with E-state index in [1.54, 1.807) is 38.1 Å². The standard InChI is InChI=1S/C18H20N4O5/c1-10(27-16(25)12-8-9-14(23)21-20-12)15(24)22-13-7-5-4-6-11(13)19-17(26)18(22,2)3/h4-7,10H,8-9H2,1-3H3,(H,19,26)(H,21,23)/t10-/m0/s1. The van der Waals surface area contributed by atoms with Gasteiger partial charge in [0.05, 0.1) is 11.4 Å². The van der Waals surface area contributed by atoms with Crippen LogP contribution in [0.3, 0.4) is 0 Å². The van der Waals surface area contributed by atoms with Gasteiger partial charge in [0.15, 0.2) is 6.10 Å². The summed E-state index contributed by atoms with van der Waals surface area (Å²) in [6, 6.07) is 6.91. The number of rotatable bonds is 3. The fraction of sp³-hybridized carbons (Fsp3) is 0.389. The first-order valence-electron chi connectivity index (χ1n) is 8.52. The van der Waals surface area contributed by atoms with Crippen molar-refractivity contribution >= 4 is 40.8 Å². The summed E-state index contributed by atoms with van der Waals surface area (Å²) < 4.78 is 5.24. The van der Waals surface area contributed by atoms with E-state index in [9.17, 15) is 19.2 Å². The highest BCUT2D eigenvalue weighted by atomic mass is 16.5. The van der Waals surface area contributed by atoms with Crippen molar-refractivity contribution in [1.82, 2.24) is 5.43 Å². The Morgan fingerprint density at radius 2 is 1.93 bits per heavy atom. The molecular weight excluding hydrogens is 352 g/mol. The maximum atomic E-state index is 13.1. The van der Waals surface area contributed by atoms with Crippen LogP contribution < -0.4 is 15.6 Å². The van der Waals surface area contributed by atoms with Crippen LogP contribution in [0.25, 0.3) is 0 Å². The molecule has 9 nitrogen and oxygen atoms in total. The van der Waals surface area contributed by atoms with E-state index in [-0.39, 0.29) is 30.4 Å². The molecule has 2 aliphatic rings. The van der Waals surface area contributed by atoms with Crippen LogP contribution in [0.15, 0.2) is 29.4 Å². The first-order chi connectivity index (χ1) is 12.7. The summed E-state index contributed by atoms with van der Waals surface area (Å²) in [4.78, 5) is 50.2. The van der Waals surface area contributed by atoms with Gasteiger partial charge in [-0.05, 0) is 32.9 Å². The zero-order valence-electron chi connectivity index (χ0n) is 15.2. The van der Waals surface area contributed by atoms with Crippen LogP contribution in [-0.2, 0) is 23.9 Å². The van der Waals surface area contributed by atoms with Gasteiger partial charge in [-0.2, -0.15) is 5.10 Å². The summed E-state index contributed by atoms with van der Waals surface area (Å²) in [5, 5.41) is 6.44. The highest BCUT2D eigenvalue weighted by Crippen LogP contribution is 2.37. The first-order valence-corrected chi connectivity index (χ1v) is 8.52. The number of para-hydroxylation sites is 2. The second kappa shape index (κ2) is 6.82. The molecule has 1 aromatic carbocycles. The molecule has 0 bridgehead atoms. The largest absolute Gasteiger partial charge is 0.448 e. The first kappa shape index (κ1) is 18.6. The Morgan fingerprint density at radius 1 is 1.22 bits per heavy atom. The molecule has 1 aromatic rings. The zero-order chi connectivity index (χ0) is 19.8. The molecule has 0 saturated carbocycles. The molecule has 9 heteroatoms. The number of carbonyl (C=O) groups is 4. The highest BCUT2D eigenvalue weighted by molar-refractivity contribution is 6.37. The van der Waals surface area contributed by atoms with E-state index >= 15 is 0 Å². The molecule has 0 spiro atoms. The Kier molecular flexibility index (Phi) is 4.69. The number of carbonyl (C=O) groups excluding carboxylic acids is 4. The summed E-state index contributed by atoms with van der Waals surface area (Å²) in [6.45, 7) is 4.67. The lowest BCUT2D eigenvalue weighted by Crippen LogP contribution is -2.60. The molecule has 0 aliphatic carbocycles. The number of ether oxygens (including phenoxy) is 1. The van der Waals surface area contributed by atoms with Gasteiger partial charge in [0, 0.05) is 12.8 Å². The van der Waals surface area contributed by atoms with Crippen molar-refractivity contribution in [1.29, 1.82) is 0 Å². The Morgan fingerprint density at radius 3 is 2.59 bits per heavy atom. The van der Waals surface area contributed by atoms with Crippen molar-refractivity contribution in [3.05, 3.63) is 24.3 Å². The van der Waals surface area contributed by atoms with Gasteiger partial charge in [0.25, 0.3) is 5.91 Å². The Labute approximate surface area is 155 Å². The number of hydrogen-bond donors (Lipinski definition) is 2. The quantitative estimate of drug-likeness (QED) is 0.766. The smallest absolute Gasteiger partial charge is 0.355 e. The zero-order valence-corrected chi connectivity index (χ0v) is 15.2. The van der Waals surface area contributed by atoms with Gasteiger partial charge < -0.3 is 10.1 Å². The molecule has 2 aliphatic heterocycles. The molecule has 2 heterocycles. The van der Waals surface area contributed by atoms with Crippen LogP contribution in [0.2, 0.25) is 0 Å². The van der Waals surface area contributed by atoms with Crippen molar-refractivity contribution < 1.29 is 23.9 Å². The van der Waals surface area contributed by atoms with E-state index in [1.165, 1.54) is 11.8 Å². The van der Waals surface area contributed by atoms with Crippen molar-refractivity contribution in [3.8, 4) is 0 Å². The van der Waals surface area contributed by atoms with Gasteiger partial charge in [-0.25, -0.2) is 10.2 Å². The summed E-state index contributed by atoms with van der Waals surface area (Å²) >= 11 is 0. The lowest BCUT2D eigenvalue weighted by molar-refractivity contribution is -0.148. The highest BCUT2D eigenvalue weighted by Gasteiger charge is 2.45. The third kappa shape index (κ3) is 3.40. The van der Waals surface area contributed by atoms with Crippen LogP contribution in [-0.4, -0.2) is 41.0 Å². The second-order valence-electron chi connectivity index (χ2n) is 6.84. The summed E-state index contributed by atoms with van der Waals surface area (Å²) in [5.74, 6) is -1.93.